The number of tetrazole rings is 1. The van der Waals surface area contributed by atoms with Gasteiger partial charge < -0.3 is 10.2 Å². The molecule has 2 aromatic rings. The molecule has 0 radical (unpaired) electrons. The molecular weight excluding hydrogens is 282 g/mol. The highest BCUT2D eigenvalue weighted by atomic mass is 16.2. The van der Waals surface area contributed by atoms with E-state index >= 15 is 0 Å². The highest BCUT2D eigenvalue weighted by Gasteiger charge is 2.29. The SMILES string of the molecule is CNc1cc(C2CCCN2C(=O)CCn2cnnn2)ccn1. The van der Waals surface area contributed by atoms with Crippen molar-refractivity contribution < 1.29 is 4.79 Å². The van der Waals surface area contributed by atoms with Gasteiger partial charge in [0, 0.05) is 26.2 Å². The van der Waals surface area contributed by atoms with Gasteiger partial charge >= 0.3 is 0 Å². The second kappa shape index (κ2) is 6.50. The molecule has 1 aliphatic rings. The van der Waals surface area contributed by atoms with Crippen molar-refractivity contribution in [2.75, 3.05) is 18.9 Å². The maximum atomic E-state index is 12.5. The number of aromatic nitrogens is 5. The van der Waals surface area contributed by atoms with Crippen LogP contribution >= 0.6 is 0 Å². The Kier molecular flexibility index (Phi) is 4.27. The number of nitrogens with zero attached hydrogens (tertiary/aromatic N) is 6. The summed E-state index contributed by atoms with van der Waals surface area (Å²) in [5.41, 5.74) is 1.13. The largest absolute Gasteiger partial charge is 0.373 e. The number of hydrogen-bond donors (Lipinski definition) is 1. The van der Waals surface area contributed by atoms with Gasteiger partial charge in [0.25, 0.3) is 0 Å². The molecule has 8 heteroatoms. The van der Waals surface area contributed by atoms with Crippen molar-refractivity contribution >= 4 is 11.7 Å². The number of aryl methyl sites for hydroxylation is 1. The van der Waals surface area contributed by atoms with Gasteiger partial charge in [0.2, 0.25) is 5.91 Å². The van der Waals surface area contributed by atoms with Crippen LogP contribution in [0, 0.1) is 0 Å². The molecule has 1 fully saturated rings. The van der Waals surface area contributed by atoms with Crippen LogP contribution in [0.5, 0.6) is 0 Å². The summed E-state index contributed by atoms with van der Waals surface area (Å²) in [5, 5.41) is 14.0. The molecule has 1 unspecified atom stereocenters. The third-order valence-electron chi connectivity index (χ3n) is 3.94. The smallest absolute Gasteiger partial charge is 0.224 e. The Morgan fingerprint density at radius 3 is 3.18 bits per heavy atom. The maximum Gasteiger partial charge on any atom is 0.224 e. The lowest BCUT2D eigenvalue weighted by Crippen LogP contribution is -2.31. The molecule has 1 saturated heterocycles. The van der Waals surface area contributed by atoms with Crippen LogP contribution in [0.3, 0.4) is 0 Å². The van der Waals surface area contributed by atoms with Gasteiger partial charge in [0.15, 0.2) is 0 Å². The summed E-state index contributed by atoms with van der Waals surface area (Å²) in [6.07, 6.45) is 5.73. The third kappa shape index (κ3) is 3.05. The Morgan fingerprint density at radius 1 is 1.50 bits per heavy atom. The molecule has 0 bridgehead atoms. The molecule has 8 nitrogen and oxygen atoms in total. The molecular formula is C14H19N7O. The Labute approximate surface area is 128 Å². The zero-order chi connectivity index (χ0) is 15.4. The number of nitrogens with one attached hydrogen (secondary N) is 1. The van der Waals surface area contributed by atoms with Crippen LogP contribution in [0.25, 0.3) is 0 Å². The van der Waals surface area contributed by atoms with Crippen LogP contribution in [-0.4, -0.2) is 49.6 Å². The van der Waals surface area contributed by atoms with Gasteiger partial charge in [-0.2, -0.15) is 0 Å². The van der Waals surface area contributed by atoms with E-state index in [1.165, 1.54) is 6.33 Å². The highest BCUT2D eigenvalue weighted by Crippen LogP contribution is 2.32. The van der Waals surface area contributed by atoms with E-state index < -0.39 is 0 Å². The maximum absolute atomic E-state index is 12.5. The summed E-state index contributed by atoms with van der Waals surface area (Å²) >= 11 is 0. The van der Waals surface area contributed by atoms with Crippen molar-refractivity contribution in [3.63, 3.8) is 0 Å². The van der Waals surface area contributed by atoms with Crippen LogP contribution in [0.1, 0.15) is 30.9 Å². The molecule has 3 heterocycles. The topological polar surface area (TPSA) is 88.8 Å². The summed E-state index contributed by atoms with van der Waals surface area (Å²) in [6, 6.07) is 4.13. The molecule has 0 saturated carbocycles. The number of hydrogen-bond acceptors (Lipinski definition) is 6. The summed E-state index contributed by atoms with van der Waals surface area (Å²) in [4.78, 5) is 18.7. The number of rotatable bonds is 5. The van der Waals surface area contributed by atoms with E-state index in [2.05, 4.69) is 25.8 Å². The minimum absolute atomic E-state index is 0.136. The summed E-state index contributed by atoms with van der Waals surface area (Å²) < 4.78 is 1.58. The standard InChI is InChI=1S/C14H19N7O/c1-15-13-9-11(4-6-16-13)12-3-2-7-21(12)14(22)5-8-20-10-17-18-19-20/h4,6,9-10,12H,2-3,5,7-8H2,1H3,(H,15,16). The Hall–Kier alpha value is -2.51. The monoisotopic (exact) mass is 301 g/mol. The third-order valence-corrected chi connectivity index (χ3v) is 3.94. The van der Waals surface area contributed by atoms with Crippen molar-refractivity contribution in [1.82, 2.24) is 30.1 Å². The second-order valence-electron chi connectivity index (χ2n) is 5.29. The number of anilines is 1. The first-order valence-electron chi connectivity index (χ1n) is 7.42. The predicted octanol–water partition coefficient (Wildman–Crippen LogP) is 0.864. The van der Waals surface area contributed by atoms with E-state index in [-0.39, 0.29) is 11.9 Å². The normalized spacial score (nSPS) is 17.7. The van der Waals surface area contributed by atoms with Gasteiger partial charge in [-0.25, -0.2) is 9.67 Å². The van der Waals surface area contributed by atoms with Crippen LogP contribution < -0.4 is 5.32 Å². The first-order valence-corrected chi connectivity index (χ1v) is 7.42. The quantitative estimate of drug-likeness (QED) is 0.881. The first kappa shape index (κ1) is 14.4. The summed E-state index contributed by atoms with van der Waals surface area (Å²) in [7, 11) is 1.84. The molecule has 1 aliphatic heterocycles. The fraction of sp³-hybridized carbons (Fsp3) is 0.500. The van der Waals surface area contributed by atoms with E-state index in [0.29, 0.717) is 13.0 Å². The van der Waals surface area contributed by atoms with Gasteiger partial charge in [-0.15, -0.1) is 5.10 Å². The van der Waals surface area contributed by atoms with E-state index in [1.807, 2.05) is 24.1 Å². The average molecular weight is 301 g/mol. The predicted molar refractivity (Wildman–Crippen MR) is 79.9 cm³/mol. The molecule has 3 rings (SSSR count). The molecule has 0 aliphatic carbocycles. The Bertz CT molecular complexity index is 628. The Balaban J connectivity index is 1.68. The second-order valence-corrected chi connectivity index (χ2v) is 5.29. The summed E-state index contributed by atoms with van der Waals surface area (Å²) in [6.45, 7) is 1.31. The fourth-order valence-electron chi connectivity index (χ4n) is 2.84. The fourth-order valence-corrected chi connectivity index (χ4v) is 2.84. The van der Waals surface area contributed by atoms with Crippen LogP contribution in [-0.2, 0) is 11.3 Å². The molecule has 1 N–H and O–H groups in total. The molecule has 0 spiro atoms. The molecule has 116 valence electrons. The van der Waals surface area contributed by atoms with Gasteiger partial charge in [0.05, 0.1) is 12.6 Å². The van der Waals surface area contributed by atoms with Crippen LogP contribution in [0.15, 0.2) is 24.7 Å². The molecule has 1 atom stereocenters. The van der Waals surface area contributed by atoms with Crippen molar-refractivity contribution in [3.8, 4) is 0 Å². The molecule has 1 amide bonds. The highest BCUT2D eigenvalue weighted by molar-refractivity contribution is 5.77. The zero-order valence-electron chi connectivity index (χ0n) is 12.5. The average Bonchev–Trinajstić information content (AvgIpc) is 3.24. The van der Waals surface area contributed by atoms with Crippen LogP contribution in [0.2, 0.25) is 0 Å². The Morgan fingerprint density at radius 2 is 2.41 bits per heavy atom. The van der Waals surface area contributed by atoms with E-state index in [0.717, 1.165) is 30.8 Å². The lowest BCUT2D eigenvalue weighted by Gasteiger charge is -2.25. The number of amides is 1. The first-order chi connectivity index (χ1) is 10.8. The lowest BCUT2D eigenvalue weighted by molar-refractivity contribution is -0.132. The lowest BCUT2D eigenvalue weighted by atomic mass is 10.1. The van der Waals surface area contributed by atoms with Crippen molar-refractivity contribution in [2.45, 2.75) is 31.8 Å². The van der Waals surface area contributed by atoms with Gasteiger partial charge in [0.1, 0.15) is 12.1 Å². The van der Waals surface area contributed by atoms with Crippen molar-refractivity contribution in [1.29, 1.82) is 0 Å². The number of carbonyl (C=O) groups excluding carboxylic acids is 1. The van der Waals surface area contributed by atoms with Gasteiger partial charge in [-0.05, 0) is 41.0 Å². The molecule has 2 aromatic heterocycles. The number of likely N-dealkylation sites (tertiary alicyclic amines) is 1. The van der Waals surface area contributed by atoms with E-state index in [9.17, 15) is 4.79 Å². The minimum Gasteiger partial charge on any atom is -0.373 e. The summed E-state index contributed by atoms with van der Waals surface area (Å²) in [5.74, 6) is 0.964. The van der Waals surface area contributed by atoms with Gasteiger partial charge in [-0.1, -0.05) is 0 Å². The molecule has 22 heavy (non-hydrogen) atoms. The zero-order valence-corrected chi connectivity index (χ0v) is 12.5. The van der Waals surface area contributed by atoms with Crippen molar-refractivity contribution in [3.05, 3.63) is 30.2 Å². The minimum atomic E-state index is 0.136. The molecule has 0 aromatic carbocycles. The number of carbonyl (C=O) groups is 1. The number of pyridine rings is 1. The van der Waals surface area contributed by atoms with Gasteiger partial charge in [-0.3, -0.25) is 4.79 Å². The van der Waals surface area contributed by atoms with E-state index in [4.69, 9.17) is 0 Å². The van der Waals surface area contributed by atoms with E-state index in [1.54, 1.807) is 10.9 Å². The van der Waals surface area contributed by atoms with Crippen LogP contribution in [0.4, 0.5) is 5.82 Å². The van der Waals surface area contributed by atoms with Crippen molar-refractivity contribution in [2.24, 2.45) is 0 Å².